The molecule has 0 saturated carbocycles. The van der Waals surface area contributed by atoms with Crippen molar-refractivity contribution in [1.29, 1.82) is 0 Å². The second kappa shape index (κ2) is 19.6. The van der Waals surface area contributed by atoms with Crippen LogP contribution in [0.5, 0.6) is 0 Å². The first kappa shape index (κ1) is 48.6. The van der Waals surface area contributed by atoms with Gasteiger partial charge in [0.05, 0.1) is 33.9 Å². The maximum atomic E-state index is 5.02. The molecule has 2 heterocycles. The van der Waals surface area contributed by atoms with Crippen LogP contribution in [0.25, 0.3) is 66.4 Å². The second-order valence-electron chi connectivity index (χ2n) is 20.7. The number of benzene rings is 11. The number of thioether (sulfide) groups is 1. The first-order valence-corrected chi connectivity index (χ1v) is 28.9. The fourth-order valence-electron chi connectivity index (χ4n) is 12.7. The molecule has 1 aliphatic carbocycles. The molecule has 0 amide bonds. The monoisotopic (exact) mass is 1050 g/mol. The molecule has 2 nitrogen and oxygen atoms in total. The largest absolute Gasteiger partial charge is 0.308 e. The molecule has 0 saturated heterocycles. The zero-order valence-electron chi connectivity index (χ0n) is 44.5. The van der Waals surface area contributed by atoms with Gasteiger partial charge in [-0.1, -0.05) is 231 Å². The smallest absolute Gasteiger partial charge is 0.0708 e. The summed E-state index contributed by atoms with van der Waals surface area (Å²) in [4.78, 5) is 9.78. The van der Waals surface area contributed by atoms with Crippen LogP contribution in [0.15, 0.2) is 286 Å². The SMILES string of the molecule is C=CC1=C(/C=C\CC)Sc2ccccc2N1c1ccc2c(c1)C(C(=C)/C=C\C(C)=C/C)(c1ccccc1)c1cc(/C=C/c3ccc4c5cccc6c(N7c8ccccc8Sc8ccccc87)ccc(c7cccc3c47)c65)ccc1-2. The quantitative estimate of drug-likeness (QED) is 0.0551. The molecule has 0 fully saturated rings. The fourth-order valence-corrected chi connectivity index (χ4v) is 14.9. The summed E-state index contributed by atoms with van der Waals surface area (Å²) < 4.78 is 0. The lowest BCUT2D eigenvalue weighted by molar-refractivity contribution is 0.769. The number of hydrogen-bond donors (Lipinski definition) is 0. The molecule has 11 aromatic rings. The molecule has 1 unspecified atom stereocenters. The van der Waals surface area contributed by atoms with Crippen LogP contribution in [0.3, 0.4) is 0 Å². The summed E-state index contributed by atoms with van der Waals surface area (Å²) in [5.41, 5.74) is 16.7. The maximum absolute atomic E-state index is 5.02. The summed E-state index contributed by atoms with van der Waals surface area (Å²) in [6.45, 7) is 15.8. The Hall–Kier alpha value is -8.80. The average molecular weight is 1050 g/mol. The minimum atomic E-state index is -0.711. The van der Waals surface area contributed by atoms with Gasteiger partial charge < -0.3 is 9.80 Å². The van der Waals surface area contributed by atoms with Crippen LogP contribution in [0, 0.1) is 0 Å². The normalized spacial score (nSPS) is 16.0. The summed E-state index contributed by atoms with van der Waals surface area (Å²) in [6, 6.07) is 74.5. The highest BCUT2D eigenvalue weighted by molar-refractivity contribution is 8.03. The van der Waals surface area contributed by atoms with Crippen LogP contribution in [-0.4, -0.2) is 0 Å². The lowest BCUT2D eigenvalue weighted by Gasteiger charge is -2.36. The molecule has 0 N–H and O–H groups in total. The molecule has 2 aliphatic heterocycles. The minimum Gasteiger partial charge on any atom is -0.308 e. The Morgan fingerprint density at radius 2 is 1.10 bits per heavy atom. The summed E-state index contributed by atoms with van der Waals surface area (Å²) >= 11 is 3.66. The summed E-state index contributed by atoms with van der Waals surface area (Å²) in [5, 5.41) is 10.2. The topological polar surface area (TPSA) is 6.48 Å². The molecule has 79 heavy (non-hydrogen) atoms. The average Bonchev–Trinajstić information content (AvgIpc) is 3.97. The number of allylic oxidation sites excluding steroid dienone is 8. The van der Waals surface area contributed by atoms with Crippen molar-refractivity contribution in [3.63, 3.8) is 0 Å². The molecule has 4 heteroatoms. The molecule has 11 aromatic carbocycles. The molecular weight excluding hydrogens is 993 g/mol. The van der Waals surface area contributed by atoms with E-state index in [2.05, 4.69) is 280 Å². The fraction of sp³-hybridized carbons (Fsp3) is 0.0667. The molecule has 0 aromatic heterocycles. The number of anilines is 5. The Morgan fingerprint density at radius 3 is 1.78 bits per heavy atom. The van der Waals surface area contributed by atoms with Gasteiger partial charge in [0.15, 0.2) is 0 Å². The van der Waals surface area contributed by atoms with Gasteiger partial charge in [-0.2, -0.15) is 0 Å². The van der Waals surface area contributed by atoms with Gasteiger partial charge >= 0.3 is 0 Å². The number of para-hydroxylation sites is 3. The first-order chi connectivity index (χ1) is 38.9. The number of fused-ring (bicyclic) bond motifs is 8. The van der Waals surface area contributed by atoms with Crippen molar-refractivity contribution < 1.29 is 0 Å². The van der Waals surface area contributed by atoms with Gasteiger partial charge in [-0.05, 0) is 169 Å². The van der Waals surface area contributed by atoms with Crippen LogP contribution in [0.2, 0.25) is 0 Å². The van der Waals surface area contributed by atoms with Gasteiger partial charge in [0.1, 0.15) is 0 Å². The second-order valence-corrected chi connectivity index (χ2v) is 22.9. The zero-order chi connectivity index (χ0) is 53.4. The lowest BCUT2D eigenvalue weighted by atomic mass is 9.67. The minimum absolute atomic E-state index is 0.711. The van der Waals surface area contributed by atoms with E-state index in [0.29, 0.717) is 0 Å². The molecule has 0 radical (unpaired) electrons. The van der Waals surface area contributed by atoms with E-state index >= 15 is 0 Å². The number of rotatable bonds is 11. The number of hydrogen-bond acceptors (Lipinski definition) is 4. The Kier molecular flexibility index (Phi) is 12.0. The van der Waals surface area contributed by atoms with Crippen LogP contribution >= 0.6 is 23.5 Å². The maximum Gasteiger partial charge on any atom is 0.0708 e. The van der Waals surface area contributed by atoms with Gasteiger partial charge in [0, 0.05) is 30.7 Å². The highest BCUT2D eigenvalue weighted by Crippen LogP contribution is 2.59. The number of nitrogens with zero attached hydrogens (tertiary/aromatic N) is 2. The van der Waals surface area contributed by atoms with Crippen molar-refractivity contribution in [1.82, 2.24) is 0 Å². The molecule has 3 aliphatic rings. The van der Waals surface area contributed by atoms with E-state index in [1.807, 2.05) is 29.6 Å². The van der Waals surface area contributed by atoms with Gasteiger partial charge in [-0.25, -0.2) is 0 Å². The predicted octanol–water partition coefficient (Wildman–Crippen LogP) is 21.8. The molecule has 0 bridgehead atoms. The summed E-state index contributed by atoms with van der Waals surface area (Å²) in [6.07, 6.45) is 18.7. The third-order valence-corrected chi connectivity index (χ3v) is 18.7. The van der Waals surface area contributed by atoms with Crippen LogP contribution in [-0.2, 0) is 5.41 Å². The third kappa shape index (κ3) is 7.64. The highest BCUT2D eigenvalue weighted by Gasteiger charge is 2.47. The van der Waals surface area contributed by atoms with Gasteiger partial charge in [-0.3, -0.25) is 0 Å². The van der Waals surface area contributed by atoms with E-state index in [-0.39, 0.29) is 0 Å². The first-order valence-electron chi connectivity index (χ1n) is 27.3. The van der Waals surface area contributed by atoms with E-state index in [1.54, 1.807) is 0 Å². The molecular formula is C75H56N2S2. The van der Waals surface area contributed by atoms with Crippen LogP contribution < -0.4 is 9.80 Å². The Bertz CT molecular complexity index is 4430. The molecule has 1 atom stereocenters. The van der Waals surface area contributed by atoms with Crippen LogP contribution in [0.4, 0.5) is 28.4 Å². The van der Waals surface area contributed by atoms with Gasteiger partial charge in [0.2, 0.25) is 0 Å². The van der Waals surface area contributed by atoms with E-state index in [0.717, 1.165) is 34.6 Å². The van der Waals surface area contributed by atoms with Gasteiger partial charge in [-0.15, -0.1) is 0 Å². The van der Waals surface area contributed by atoms with Crippen molar-refractivity contribution >= 4 is 107 Å². The summed E-state index contributed by atoms with van der Waals surface area (Å²) in [5.74, 6) is 0. The van der Waals surface area contributed by atoms with Gasteiger partial charge in [0.25, 0.3) is 0 Å². The Balaban J connectivity index is 0.912. The summed E-state index contributed by atoms with van der Waals surface area (Å²) in [7, 11) is 0. The highest BCUT2D eigenvalue weighted by atomic mass is 32.2. The van der Waals surface area contributed by atoms with Crippen LogP contribution in [0.1, 0.15) is 55.0 Å². The van der Waals surface area contributed by atoms with E-state index < -0.39 is 5.41 Å². The van der Waals surface area contributed by atoms with Crippen molar-refractivity contribution in [2.45, 2.75) is 47.3 Å². The molecule has 0 spiro atoms. The van der Waals surface area contributed by atoms with Crippen molar-refractivity contribution in [3.8, 4) is 11.1 Å². The molecule has 378 valence electrons. The van der Waals surface area contributed by atoms with Crippen molar-refractivity contribution in [2.24, 2.45) is 0 Å². The predicted molar refractivity (Wildman–Crippen MR) is 342 cm³/mol. The Labute approximate surface area is 471 Å². The third-order valence-electron chi connectivity index (χ3n) is 16.4. The van der Waals surface area contributed by atoms with E-state index in [4.69, 9.17) is 6.58 Å². The van der Waals surface area contributed by atoms with E-state index in [1.165, 1.54) is 119 Å². The standard InChI is InChI=1S/C75H56N2S2/c1-6-9-30-69-64(8-3)76(66-27-13-16-31-70(66)78-69)53-40-43-56-55-41-37-50(46-62(55)75(63(56)47-53,52-21-11-10-12-22-52)49(5)35-34-48(4)7-2)36-38-51-39-42-59-58-25-20-26-61-65(45-44-60(74(58)61)57-24-19-23-54(51)73(57)59)77-67-28-14-17-32-71(67)79-72-33-18-15-29-68(72)77/h7-47H,3,5-6H2,1-2,4H3/b30-9-,35-34-,38-36+,48-7-. The Morgan fingerprint density at radius 1 is 0.519 bits per heavy atom. The zero-order valence-corrected chi connectivity index (χ0v) is 46.1. The van der Waals surface area contributed by atoms with Crippen molar-refractivity contribution in [2.75, 3.05) is 9.80 Å². The lowest BCUT2D eigenvalue weighted by Crippen LogP contribution is -2.29. The van der Waals surface area contributed by atoms with E-state index in [9.17, 15) is 0 Å². The van der Waals surface area contributed by atoms with Crippen molar-refractivity contribution in [3.05, 3.63) is 299 Å². The molecule has 14 rings (SSSR count).